The van der Waals surface area contributed by atoms with Crippen LogP contribution in [0.25, 0.3) is 0 Å². The number of hydrogen-bond donors (Lipinski definition) is 2. The van der Waals surface area contributed by atoms with Gasteiger partial charge in [0.15, 0.2) is 0 Å². The normalized spacial score (nSPS) is 15.9. The molecule has 2 N–H and O–H groups in total. The van der Waals surface area contributed by atoms with E-state index < -0.39 is 5.97 Å². The number of rotatable bonds is 6. The maximum atomic E-state index is 11.0. The molecule has 0 unspecified atom stereocenters. The summed E-state index contributed by atoms with van der Waals surface area (Å²) in [6.45, 7) is 1.35. The zero-order chi connectivity index (χ0) is 11.3. The predicted octanol–water partition coefficient (Wildman–Crippen LogP) is -0.162. The third-order valence-corrected chi connectivity index (χ3v) is 2.31. The van der Waals surface area contributed by atoms with Gasteiger partial charge in [-0.2, -0.15) is 0 Å². The van der Waals surface area contributed by atoms with Gasteiger partial charge in [-0.1, -0.05) is 0 Å². The Balaban J connectivity index is 2.08. The van der Waals surface area contributed by atoms with Gasteiger partial charge in [-0.15, -0.1) is 0 Å². The molecule has 5 nitrogen and oxygen atoms in total. The lowest BCUT2D eigenvalue weighted by Crippen LogP contribution is -2.33. The van der Waals surface area contributed by atoms with Gasteiger partial charge in [-0.05, 0) is 19.9 Å². The van der Waals surface area contributed by atoms with Crippen LogP contribution in [0.4, 0.5) is 0 Å². The van der Waals surface area contributed by atoms with E-state index in [0.717, 1.165) is 18.7 Å². The number of hydrogen-bond acceptors (Lipinski definition) is 3. The molecule has 1 amide bonds. The van der Waals surface area contributed by atoms with Gasteiger partial charge in [0.2, 0.25) is 5.91 Å². The molecule has 1 rings (SSSR count). The number of carboxylic acid groups (broad SMARTS) is 1. The van der Waals surface area contributed by atoms with Gasteiger partial charge in [-0.25, -0.2) is 4.79 Å². The van der Waals surface area contributed by atoms with Crippen molar-refractivity contribution in [2.45, 2.75) is 18.9 Å². The number of aliphatic carboxylic acids is 1. The van der Waals surface area contributed by atoms with Crippen LogP contribution in [-0.4, -0.2) is 48.1 Å². The van der Waals surface area contributed by atoms with Crippen LogP contribution in [0, 0.1) is 0 Å². The minimum atomic E-state index is -1.11. The molecule has 1 fully saturated rings. The van der Waals surface area contributed by atoms with Gasteiger partial charge in [0.25, 0.3) is 0 Å². The summed E-state index contributed by atoms with van der Waals surface area (Å²) < 4.78 is 0. The van der Waals surface area contributed by atoms with Crippen LogP contribution in [-0.2, 0) is 9.59 Å². The minimum absolute atomic E-state index is 0.360. The molecule has 0 bridgehead atoms. The van der Waals surface area contributed by atoms with Crippen LogP contribution >= 0.6 is 0 Å². The number of likely N-dealkylation sites (N-methyl/N-ethyl adjacent to an activating group) is 1. The fraction of sp³-hybridized carbons (Fsp3) is 0.600. The summed E-state index contributed by atoms with van der Waals surface area (Å²) in [5, 5.41) is 10.9. The third kappa shape index (κ3) is 5.17. The maximum Gasteiger partial charge on any atom is 0.328 e. The number of carbonyl (C=O) groups is 2. The minimum Gasteiger partial charge on any atom is -0.478 e. The smallest absolute Gasteiger partial charge is 0.328 e. The Morgan fingerprint density at radius 3 is 2.67 bits per heavy atom. The molecule has 0 heterocycles. The quantitative estimate of drug-likeness (QED) is 0.600. The topological polar surface area (TPSA) is 69.6 Å². The Hall–Kier alpha value is -1.36. The van der Waals surface area contributed by atoms with Crippen molar-refractivity contribution in [1.82, 2.24) is 10.2 Å². The highest BCUT2D eigenvalue weighted by molar-refractivity contribution is 5.93. The molecule has 0 saturated heterocycles. The standard InChI is InChI=1S/C10H16N2O3/c1-12(8-2-3-8)7-6-11-9(13)4-5-10(14)15/h4-5,8H,2-3,6-7H2,1H3,(H,11,13)(H,14,15). The Bertz CT molecular complexity index is 272. The maximum absolute atomic E-state index is 11.0. The molecule has 0 aliphatic heterocycles. The lowest BCUT2D eigenvalue weighted by atomic mass is 10.4. The first-order valence-electron chi connectivity index (χ1n) is 4.98. The Morgan fingerprint density at radius 2 is 2.13 bits per heavy atom. The zero-order valence-electron chi connectivity index (χ0n) is 8.77. The molecular formula is C10H16N2O3. The molecule has 84 valence electrons. The second-order valence-electron chi connectivity index (χ2n) is 3.67. The highest BCUT2D eigenvalue weighted by Gasteiger charge is 2.25. The van der Waals surface area contributed by atoms with E-state index in [0.29, 0.717) is 12.6 Å². The fourth-order valence-corrected chi connectivity index (χ4v) is 1.26. The van der Waals surface area contributed by atoms with E-state index >= 15 is 0 Å². The lowest BCUT2D eigenvalue weighted by molar-refractivity contribution is -0.131. The summed E-state index contributed by atoms with van der Waals surface area (Å²) in [5.41, 5.74) is 0. The summed E-state index contributed by atoms with van der Waals surface area (Å²) in [7, 11) is 2.02. The van der Waals surface area contributed by atoms with Gasteiger partial charge in [0, 0.05) is 31.3 Å². The van der Waals surface area contributed by atoms with E-state index in [2.05, 4.69) is 10.2 Å². The molecule has 0 spiro atoms. The predicted molar refractivity (Wildman–Crippen MR) is 55.4 cm³/mol. The van der Waals surface area contributed by atoms with Crippen LogP contribution in [0.2, 0.25) is 0 Å². The average molecular weight is 212 g/mol. The van der Waals surface area contributed by atoms with Crippen molar-refractivity contribution in [2.24, 2.45) is 0 Å². The van der Waals surface area contributed by atoms with Gasteiger partial charge in [0.1, 0.15) is 0 Å². The SMILES string of the molecule is CN(CCNC(=O)C=CC(=O)O)C1CC1. The molecular weight excluding hydrogens is 196 g/mol. The summed E-state index contributed by atoms with van der Waals surface area (Å²) in [6.07, 6.45) is 4.34. The van der Waals surface area contributed by atoms with Crippen LogP contribution in [0.15, 0.2) is 12.2 Å². The van der Waals surface area contributed by atoms with Crippen molar-refractivity contribution in [3.63, 3.8) is 0 Å². The molecule has 0 aromatic carbocycles. The van der Waals surface area contributed by atoms with Crippen LogP contribution in [0.3, 0.4) is 0 Å². The zero-order valence-corrected chi connectivity index (χ0v) is 8.77. The first kappa shape index (κ1) is 11.7. The monoisotopic (exact) mass is 212 g/mol. The van der Waals surface area contributed by atoms with Gasteiger partial charge in [-0.3, -0.25) is 4.79 Å². The summed E-state index contributed by atoms with van der Waals surface area (Å²) >= 11 is 0. The van der Waals surface area contributed by atoms with Crippen molar-refractivity contribution in [2.75, 3.05) is 20.1 Å². The number of carbonyl (C=O) groups excluding carboxylic acids is 1. The number of carboxylic acids is 1. The summed E-state index contributed by atoms with van der Waals surface area (Å²) in [4.78, 5) is 23.3. The molecule has 0 radical (unpaired) electrons. The summed E-state index contributed by atoms with van der Waals surface area (Å²) in [6, 6.07) is 0.677. The Kier molecular flexibility index (Phi) is 4.30. The molecule has 15 heavy (non-hydrogen) atoms. The molecule has 0 aromatic rings. The number of nitrogens with one attached hydrogen (secondary N) is 1. The fourth-order valence-electron chi connectivity index (χ4n) is 1.26. The van der Waals surface area contributed by atoms with Gasteiger partial charge < -0.3 is 15.3 Å². The Morgan fingerprint density at radius 1 is 1.47 bits per heavy atom. The third-order valence-electron chi connectivity index (χ3n) is 2.31. The van der Waals surface area contributed by atoms with Crippen LogP contribution in [0.1, 0.15) is 12.8 Å². The van der Waals surface area contributed by atoms with Gasteiger partial charge in [0.05, 0.1) is 0 Å². The van der Waals surface area contributed by atoms with E-state index in [-0.39, 0.29) is 5.91 Å². The molecule has 1 aliphatic rings. The van der Waals surface area contributed by atoms with Crippen molar-refractivity contribution in [3.05, 3.63) is 12.2 Å². The highest BCUT2D eigenvalue weighted by atomic mass is 16.4. The van der Waals surface area contributed by atoms with E-state index in [1.165, 1.54) is 12.8 Å². The average Bonchev–Trinajstić information content (AvgIpc) is 2.97. The van der Waals surface area contributed by atoms with Crippen molar-refractivity contribution in [3.8, 4) is 0 Å². The second kappa shape index (κ2) is 5.50. The molecule has 5 heteroatoms. The van der Waals surface area contributed by atoms with Crippen molar-refractivity contribution < 1.29 is 14.7 Å². The van der Waals surface area contributed by atoms with Crippen LogP contribution < -0.4 is 5.32 Å². The van der Waals surface area contributed by atoms with E-state index in [1.807, 2.05) is 7.05 Å². The van der Waals surface area contributed by atoms with Gasteiger partial charge >= 0.3 is 5.97 Å². The molecule has 0 atom stereocenters. The molecule has 0 aromatic heterocycles. The first-order valence-corrected chi connectivity index (χ1v) is 4.98. The summed E-state index contributed by atoms with van der Waals surface area (Å²) in [5.74, 6) is -1.47. The van der Waals surface area contributed by atoms with Crippen molar-refractivity contribution >= 4 is 11.9 Å². The van der Waals surface area contributed by atoms with Crippen molar-refractivity contribution in [1.29, 1.82) is 0 Å². The first-order chi connectivity index (χ1) is 7.09. The lowest BCUT2D eigenvalue weighted by Gasteiger charge is -2.14. The second-order valence-corrected chi connectivity index (χ2v) is 3.67. The number of amides is 1. The molecule has 1 aliphatic carbocycles. The van der Waals surface area contributed by atoms with E-state index in [9.17, 15) is 9.59 Å². The van der Waals surface area contributed by atoms with E-state index in [4.69, 9.17) is 5.11 Å². The highest BCUT2D eigenvalue weighted by Crippen LogP contribution is 2.24. The van der Waals surface area contributed by atoms with Crippen LogP contribution in [0.5, 0.6) is 0 Å². The Labute approximate surface area is 88.8 Å². The largest absolute Gasteiger partial charge is 0.478 e. The molecule has 1 saturated carbocycles. The van der Waals surface area contributed by atoms with E-state index in [1.54, 1.807) is 0 Å². The number of nitrogens with zero attached hydrogens (tertiary/aromatic N) is 1.